The molecule has 4 unspecified atom stereocenters. The van der Waals surface area contributed by atoms with Crippen LogP contribution in [0, 0.1) is 5.92 Å². The number of benzene rings is 1. The van der Waals surface area contributed by atoms with Gasteiger partial charge in [0.2, 0.25) is 5.91 Å². The molecule has 1 aromatic rings. The van der Waals surface area contributed by atoms with Crippen molar-refractivity contribution < 1.29 is 9.53 Å². The fraction of sp³-hybridized carbons (Fsp3) is 0.600. The minimum absolute atomic E-state index is 0.0402. The van der Waals surface area contributed by atoms with Gasteiger partial charge in [-0.2, -0.15) is 5.10 Å². The van der Waals surface area contributed by atoms with E-state index in [1.165, 1.54) is 5.56 Å². The highest BCUT2D eigenvalue weighted by Gasteiger charge is 2.51. The van der Waals surface area contributed by atoms with Crippen LogP contribution in [0.25, 0.3) is 0 Å². The van der Waals surface area contributed by atoms with Gasteiger partial charge >= 0.3 is 0 Å². The summed E-state index contributed by atoms with van der Waals surface area (Å²) in [5.41, 5.74) is 4.41. The monoisotopic (exact) mass is 422 g/mol. The lowest BCUT2D eigenvalue weighted by molar-refractivity contribution is -0.155. The number of amides is 1. The Morgan fingerprint density at radius 1 is 1.39 bits per heavy atom. The Morgan fingerprint density at radius 3 is 3.04 bits per heavy atom. The minimum atomic E-state index is -0.173. The second-order valence-corrected chi connectivity index (χ2v) is 9.12. The number of alkyl halides is 1. The Hall–Kier alpha value is -1.60. The first-order valence-electron chi connectivity index (χ1n) is 9.94. The van der Waals surface area contributed by atoms with Crippen molar-refractivity contribution in [3.8, 4) is 5.75 Å². The lowest BCUT2D eigenvalue weighted by Crippen LogP contribution is -2.67. The van der Waals surface area contributed by atoms with Gasteiger partial charge < -0.3 is 14.5 Å². The quantitative estimate of drug-likeness (QED) is 0.737. The Kier molecular flexibility index (Phi) is 5.92. The van der Waals surface area contributed by atoms with Crippen molar-refractivity contribution in [2.24, 2.45) is 11.0 Å². The van der Waals surface area contributed by atoms with Crippen LogP contribution in [0.5, 0.6) is 5.75 Å². The van der Waals surface area contributed by atoms with Crippen LogP contribution >= 0.6 is 23.4 Å². The highest BCUT2D eigenvalue weighted by atomic mass is 35.5. The molecule has 0 aromatic heterocycles. The number of nitrogens with one attached hydrogen (secondary N) is 1. The molecule has 4 rings (SSSR count). The maximum atomic E-state index is 13.1. The van der Waals surface area contributed by atoms with Crippen molar-refractivity contribution in [2.45, 2.75) is 56.1 Å². The smallest absolute Gasteiger partial charge is 0.230 e. The summed E-state index contributed by atoms with van der Waals surface area (Å²) in [4.78, 5) is 17.4. The van der Waals surface area contributed by atoms with Gasteiger partial charge in [0, 0.05) is 23.7 Å². The van der Waals surface area contributed by atoms with E-state index in [2.05, 4.69) is 34.5 Å². The fourth-order valence-corrected chi connectivity index (χ4v) is 5.70. The topological polar surface area (TPSA) is 57.2 Å². The number of rotatable bonds is 5. The molecule has 2 heterocycles. The average Bonchev–Trinajstić information content (AvgIpc) is 3.13. The average molecular weight is 423 g/mol. The third-order valence-electron chi connectivity index (χ3n) is 5.73. The molecule has 1 aromatic carbocycles. The standard InChI is InChI=1S/C20H27ClN4O2S/c1-3-9-24-18(26)16-11-14(21)7-8-17(16)25-19(24)22-23-20(25)28-12-13-5-4-6-15(10-13)27-2/h4-6,10,14,16-17,19,22H,3,7-9,11-12H2,1-2H3. The molecule has 0 radical (unpaired) electrons. The van der Waals surface area contributed by atoms with E-state index in [-0.39, 0.29) is 29.5 Å². The van der Waals surface area contributed by atoms with Gasteiger partial charge in [0.1, 0.15) is 5.75 Å². The van der Waals surface area contributed by atoms with Gasteiger partial charge in [-0.15, -0.1) is 11.6 Å². The molecule has 4 atom stereocenters. The maximum Gasteiger partial charge on any atom is 0.230 e. The summed E-state index contributed by atoms with van der Waals surface area (Å²) in [5, 5.41) is 5.66. The molecule has 152 valence electrons. The van der Waals surface area contributed by atoms with Crippen molar-refractivity contribution >= 4 is 34.4 Å². The number of hydrogen-bond donors (Lipinski definition) is 1. The molecule has 1 saturated carbocycles. The van der Waals surface area contributed by atoms with Crippen LogP contribution < -0.4 is 10.2 Å². The number of nitrogens with zero attached hydrogens (tertiary/aromatic N) is 3. The Morgan fingerprint density at radius 2 is 2.25 bits per heavy atom. The second kappa shape index (κ2) is 8.41. The van der Waals surface area contributed by atoms with E-state index in [9.17, 15) is 4.79 Å². The van der Waals surface area contributed by atoms with Gasteiger partial charge in [-0.1, -0.05) is 30.8 Å². The van der Waals surface area contributed by atoms with E-state index < -0.39 is 0 Å². The van der Waals surface area contributed by atoms with Crippen LogP contribution in [0.1, 0.15) is 38.2 Å². The van der Waals surface area contributed by atoms with Crippen molar-refractivity contribution in [1.82, 2.24) is 15.2 Å². The molecule has 2 fully saturated rings. The minimum Gasteiger partial charge on any atom is -0.497 e. The Balaban J connectivity index is 1.53. The Labute approximate surface area is 175 Å². The summed E-state index contributed by atoms with van der Waals surface area (Å²) in [7, 11) is 1.68. The molecule has 6 nitrogen and oxygen atoms in total. The molecule has 2 aliphatic heterocycles. The summed E-state index contributed by atoms with van der Waals surface area (Å²) in [6.45, 7) is 2.83. The highest BCUT2D eigenvalue weighted by Crippen LogP contribution is 2.40. The number of carbonyl (C=O) groups excluding carboxylic acids is 1. The normalized spacial score (nSPS) is 29.1. The molecular weight excluding hydrogens is 396 g/mol. The number of halogens is 1. The van der Waals surface area contributed by atoms with E-state index in [0.29, 0.717) is 0 Å². The zero-order valence-corrected chi connectivity index (χ0v) is 17.9. The van der Waals surface area contributed by atoms with Gasteiger partial charge in [-0.25, -0.2) is 0 Å². The number of hydrazone groups is 1. The summed E-state index contributed by atoms with van der Waals surface area (Å²) >= 11 is 8.13. The van der Waals surface area contributed by atoms with Crippen molar-refractivity contribution in [3.05, 3.63) is 29.8 Å². The molecule has 0 spiro atoms. The van der Waals surface area contributed by atoms with Gasteiger partial charge in [0.25, 0.3) is 0 Å². The van der Waals surface area contributed by atoms with Gasteiger partial charge in [0.05, 0.1) is 13.0 Å². The predicted octanol–water partition coefficient (Wildman–Crippen LogP) is 3.42. The van der Waals surface area contributed by atoms with E-state index in [4.69, 9.17) is 16.3 Å². The summed E-state index contributed by atoms with van der Waals surface area (Å²) in [6.07, 6.45) is 3.38. The zero-order valence-electron chi connectivity index (χ0n) is 16.3. The third kappa shape index (κ3) is 3.66. The molecule has 1 amide bonds. The van der Waals surface area contributed by atoms with Crippen molar-refractivity contribution in [3.63, 3.8) is 0 Å². The number of amidine groups is 1. The summed E-state index contributed by atoms with van der Waals surface area (Å²) < 4.78 is 5.33. The van der Waals surface area contributed by atoms with Crippen molar-refractivity contribution in [2.75, 3.05) is 13.7 Å². The summed E-state index contributed by atoms with van der Waals surface area (Å²) in [6, 6.07) is 8.28. The summed E-state index contributed by atoms with van der Waals surface area (Å²) in [5.74, 6) is 1.85. The molecule has 3 aliphatic rings. The second-order valence-electron chi connectivity index (χ2n) is 7.56. The molecule has 1 aliphatic carbocycles. The largest absolute Gasteiger partial charge is 0.497 e. The first kappa shape index (κ1) is 19.7. The van der Waals surface area contributed by atoms with E-state index >= 15 is 0 Å². The van der Waals surface area contributed by atoms with Crippen LogP contribution in [0.3, 0.4) is 0 Å². The first-order chi connectivity index (χ1) is 13.6. The number of fused-ring (bicyclic) bond motifs is 3. The first-order valence-corrected chi connectivity index (χ1v) is 11.4. The highest BCUT2D eigenvalue weighted by molar-refractivity contribution is 8.13. The molecule has 1 N–H and O–H groups in total. The SMILES string of the molecule is CCCN1C(=O)C2CC(Cl)CCC2N2C(SCc3cccc(OC)c3)=NNC12. The van der Waals surface area contributed by atoms with E-state index in [0.717, 1.165) is 48.9 Å². The number of methoxy groups -OCH3 is 1. The Bertz CT molecular complexity index is 761. The number of thioether (sulfide) groups is 1. The lowest BCUT2D eigenvalue weighted by Gasteiger charge is -2.51. The van der Waals surface area contributed by atoms with Gasteiger partial charge in [-0.3, -0.25) is 10.2 Å². The number of carbonyl (C=O) groups is 1. The third-order valence-corrected chi connectivity index (χ3v) is 7.16. The van der Waals surface area contributed by atoms with Gasteiger partial charge in [-0.05, 0) is 43.4 Å². The number of ether oxygens (including phenoxy) is 1. The molecular formula is C20H27ClN4O2S. The van der Waals surface area contributed by atoms with Crippen LogP contribution in [0.4, 0.5) is 0 Å². The van der Waals surface area contributed by atoms with Crippen LogP contribution in [-0.4, -0.2) is 52.2 Å². The van der Waals surface area contributed by atoms with E-state index in [1.54, 1.807) is 18.9 Å². The van der Waals surface area contributed by atoms with E-state index in [1.807, 2.05) is 17.0 Å². The maximum absolute atomic E-state index is 13.1. The molecule has 8 heteroatoms. The van der Waals surface area contributed by atoms with Crippen LogP contribution in [-0.2, 0) is 10.5 Å². The van der Waals surface area contributed by atoms with Crippen LogP contribution in [0.2, 0.25) is 0 Å². The fourth-order valence-electron chi connectivity index (χ4n) is 4.41. The molecule has 0 bridgehead atoms. The number of hydrogen-bond acceptors (Lipinski definition) is 6. The van der Waals surface area contributed by atoms with Gasteiger partial charge in [0.15, 0.2) is 11.5 Å². The lowest BCUT2D eigenvalue weighted by atomic mass is 9.81. The molecule has 28 heavy (non-hydrogen) atoms. The predicted molar refractivity (Wildman–Crippen MR) is 113 cm³/mol. The molecule has 1 saturated heterocycles. The van der Waals surface area contributed by atoms with Crippen molar-refractivity contribution in [1.29, 1.82) is 0 Å². The zero-order chi connectivity index (χ0) is 19.7. The van der Waals surface area contributed by atoms with Crippen LogP contribution in [0.15, 0.2) is 29.4 Å².